The quantitative estimate of drug-likeness (QED) is 0.423. The van der Waals surface area contributed by atoms with Gasteiger partial charge in [0.2, 0.25) is 0 Å². The number of imide groups is 1. The van der Waals surface area contributed by atoms with Crippen molar-refractivity contribution in [1.82, 2.24) is 31.3 Å². The lowest BCUT2D eigenvalue weighted by Crippen LogP contribution is -2.22. The number of rotatable bonds is 1. The Morgan fingerprint density at radius 3 is 2.67 bits per heavy atom. The number of urea groups is 1. The van der Waals surface area contributed by atoms with Gasteiger partial charge in [-0.2, -0.15) is 0 Å². The van der Waals surface area contributed by atoms with Gasteiger partial charge in [-0.3, -0.25) is 10.1 Å². The van der Waals surface area contributed by atoms with E-state index in [0.29, 0.717) is 0 Å². The van der Waals surface area contributed by atoms with Gasteiger partial charge in [0.05, 0.1) is 0 Å². The molecule has 1 aliphatic heterocycles. The van der Waals surface area contributed by atoms with Crippen LogP contribution in [0, 0.1) is 0 Å². The van der Waals surface area contributed by atoms with Gasteiger partial charge in [-0.25, -0.2) is 9.89 Å². The number of hydrogen-bond donors (Lipinski definition) is 3. The van der Waals surface area contributed by atoms with Crippen molar-refractivity contribution in [1.29, 1.82) is 0 Å². The fourth-order valence-corrected chi connectivity index (χ4v) is 0.898. The molecule has 0 aromatic carbocycles. The molecular weight excluding hydrogens is 164 g/mol. The summed E-state index contributed by atoms with van der Waals surface area (Å²) in [6.07, 6.45) is 0. The van der Waals surface area contributed by atoms with Crippen LogP contribution in [0.1, 0.15) is 11.9 Å². The summed E-state index contributed by atoms with van der Waals surface area (Å²) in [6, 6.07) is -1.34. The Balaban J connectivity index is 2.26. The molecule has 2 heterocycles. The van der Waals surface area contributed by atoms with E-state index in [4.69, 9.17) is 0 Å². The number of nitrogens with zero attached hydrogens (tertiary/aromatic N) is 3. The Kier molecular flexibility index (Phi) is 1.26. The highest BCUT2D eigenvalue weighted by Gasteiger charge is 2.33. The molecule has 0 bridgehead atoms. The fraction of sp³-hybridized carbons (Fsp3) is 0.250. The fourth-order valence-electron chi connectivity index (χ4n) is 0.898. The van der Waals surface area contributed by atoms with Crippen molar-refractivity contribution >= 4 is 11.9 Å². The van der Waals surface area contributed by atoms with E-state index in [-0.39, 0.29) is 5.82 Å². The molecule has 1 aromatic heterocycles. The molecule has 12 heavy (non-hydrogen) atoms. The number of carbonyl (C=O) groups excluding carboxylic acids is 2. The summed E-state index contributed by atoms with van der Waals surface area (Å²) in [6.45, 7) is 0. The maximum Gasteiger partial charge on any atom is 0.322 e. The number of H-pyrrole nitrogens is 1. The normalized spacial score (nSPS) is 22.2. The Labute approximate surface area is 65.7 Å². The minimum absolute atomic E-state index is 0.221. The minimum atomic E-state index is -0.799. The van der Waals surface area contributed by atoms with E-state index in [1.54, 1.807) is 0 Å². The van der Waals surface area contributed by atoms with E-state index < -0.39 is 18.0 Å². The van der Waals surface area contributed by atoms with Gasteiger partial charge in [0.1, 0.15) is 0 Å². The highest BCUT2D eigenvalue weighted by Crippen LogP contribution is 2.08. The first-order valence-electron chi connectivity index (χ1n) is 3.12. The SMILES string of the molecule is O=C1NC(=O)C(c2nnn[nH]2)N1. The summed E-state index contributed by atoms with van der Waals surface area (Å²) in [5.41, 5.74) is 0. The van der Waals surface area contributed by atoms with Gasteiger partial charge in [-0.15, -0.1) is 5.10 Å². The van der Waals surface area contributed by atoms with Gasteiger partial charge < -0.3 is 5.32 Å². The second-order valence-corrected chi connectivity index (χ2v) is 2.18. The van der Waals surface area contributed by atoms with Gasteiger partial charge in [0.25, 0.3) is 5.91 Å². The van der Waals surface area contributed by atoms with E-state index in [1.807, 2.05) is 0 Å². The average Bonchev–Trinajstić information content (AvgIpc) is 2.58. The number of carbonyl (C=O) groups is 2. The van der Waals surface area contributed by atoms with E-state index in [2.05, 4.69) is 31.3 Å². The van der Waals surface area contributed by atoms with E-state index in [0.717, 1.165) is 0 Å². The summed E-state index contributed by atoms with van der Waals surface area (Å²) in [5, 5.41) is 16.8. The van der Waals surface area contributed by atoms with Crippen molar-refractivity contribution in [2.75, 3.05) is 0 Å². The van der Waals surface area contributed by atoms with Crippen LogP contribution >= 0.6 is 0 Å². The van der Waals surface area contributed by atoms with Crippen LogP contribution in [0.15, 0.2) is 0 Å². The van der Waals surface area contributed by atoms with Gasteiger partial charge in [-0.1, -0.05) is 0 Å². The van der Waals surface area contributed by atoms with Gasteiger partial charge in [0, 0.05) is 0 Å². The third-order valence-electron chi connectivity index (χ3n) is 1.41. The van der Waals surface area contributed by atoms with Gasteiger partial charge in [0.15, 0.2) is 11.9 Å². The van der Waals surface area contributed by atoms with Crippen LogP contribution < -0.4 is 10.6 Å². The number of nitrogens with one attached hydrogen (secondary N) is 3. The number of hydrogen-bond acceptors (Lipinski definition) is 5. The lowest BCUT2D eigenvalue weighted by atomic mass is 10.3. The molecule has 0 aliphatic carbocycles. The van der Waals surface area contributed by atoms with Crippen molar-refractivity contribution in [2.45, 2.75) is 6.04 Å². The molecule has 0 spiro atoms. The molecule has 3 N–H and O–H groups in total. The molecule has 1 aliphatic rings. The summed E-state index contributed by atoms with van der Waals surface area (Å²) in [4.78, 5) is 21.6. The maximum atomic E-state index is 11.0. The molecule has 1 aromatic rings. The molecule has 62 valence electrons. The topological polar surface area (TPSA) is 113 Å². The van der Waals surface area contributed by atoms with Crippen LogP contribution in [0.3, 0.4) is 0 Å². The zero-order chi connectivity index (χ0) is 8.55. The third-order valence-corrected chi connectivity index (χ3v) is 1.41. The summed E-state index contributed by atoms with van der Waals surface area (Å²) in [5.74, 6) is -0.239. The van der Waals surface area contributed by atoms with Crippen LogP contribution in [-0.4, -0.2) is 32.6 Å². The number of amides is 3. The van der Waals surface area contributed by atoms with E-state index >= 15 is 0 Å². The van der Waals surface area contributed by atoms with Gasteiger partial charge >= 0.3 is 6.03 Å². The molecule has 3 amide bonds. The van der Waals surface area contributed by atoms with Crippen LogP contribution in [0.4, 0.5) is 4.79 Å². The lowest BCUT2D eigenvalue weighted by Gasteiger charge is -1.98. The Morgan fingerprint density at radius 2 is 2.17 bits per heavy atom. The molecule has 1 fully saturated rings. The second-order valence-electron chi connectivity index (χ2n) is 2.18. The first kappa shape index (κ1) is 6.70. The highest BCUT2D eigenvalue weighted by molar-refractivity contribution is 6.04. The Morgan fingerprint density at radius 1 is 1.33 bits per heavy atom. The molecule has 1 unspecified atom stereocenters. The van der Waals surface area contributed by atoms with Crippen molar-refractivity contribution < 1.29 is 9.59 Å². The predicted octanol–water partition coefficient (Wildman–Crippen LogP) is -1.92. The van der Waals surface area contributed by atoms with Gasteiger partial charge in [-0.05, 0) is 10.4 Å². The molecule has 0 radical (unpaired) electrons. The standard InChI is InChI=1S/C4H4N6O2/c11-3-1(5-4(12)6-3)2-7-9-10-8-2/h1H,(H2,5,6,11,12)(H,7,8,9,10). The van der Waals surface area contributed by atoms with Crippen LogP contribution in [0.2, 0.25) is 0 Å². The van der Waals surface area contributed by atoms with Crippen molar-refractivity contribution in [3.63, 3.8) is 0 Å². The number of aromatic nitrogens is 4. The molecule has 1 atom stereocenters. The second kappa shape index (κ2) is 2.26. The summed E-state index contributed by atoms with van der Waals surface area (Å²) in [7, 11) is 0. The molecule has 8 heteroatoms. The zero-order valence-corrected chi connectivity index (χ0v) is 5.74. The van der Waals surface area contributed by atoms with E-state index in [1.165, 1.54) is 0 Å². The largest absolute Gasteiger partial charge is 0.322 e. The predicted molar refractivity (Wildman–Crippen MR) is 33.6 cm³/mol. The molecule has 8 nitrogen and oxygen atoms in total. The third kappa shape index (κ3) is 0.892. The monoisotopic (exact) mass is 168 g/mol. The van der Waals surface area contributed by atoms with Crippen molar-refractivity contribution in [3.05, 3.63) is 5.82 Å². The Hall–Kier alpha value is -1.99. The molecular formula is C4H4N6O2. The smallest absolute Gasteiger partial charge is 0.319 e. The summed E-state index contributed by atoms with van der Waals surface area (Å²) < 4.78 is 0. The van der Waals surface area contributed by atoms with Crippen molar-refractivity contribution in [2.24, 2.45) is 0 Å². The number of tetrazole rings is 1. The molecule has 1 saturated heterocycles. The van der Waals surface area contributed by atoms with Crippen LogP contribution in [0.5, 0.6) is 0 Å². The Bertz CT molecular complexity index is 318. The first-order valence-corrected chi connectivity index (χ1v) is 3.12. The van der Waals surface area contributed by atoms with E-state index in [9.17, 15) is 9.59 Å². The lowest BCUT2D eigenvalue weighted by molar-refractivity contribution is -0.120. The molecule has 2 rings (SSSR count). The van der Waals surface area contributed by atoms with Crippen LogP contribution in [-0.2, 0) is 4.79 Å². The van der Waals surface area contributed by atoms with Crippen molar-refractivity contribution in [3.8, 4) is 0 Å². The summed E-state index contributed by atoms with van der Waals surface area (Å²) >= 11 is 0. The highest BCUT2D eigenvalue weighted by atomic mass is 16.2. The zero-order valence-electron chi connectivity index (χ0n) is 5.74. The maximum absolute atomic E-state index is 11.0. The molecule has 0 saturated carbocycles. The average molecular weight is 168 g/mol. The van der Waals surface area contributed by atoms with Crippen LogP contribution in [0.25, 0.3) is 0 Å². The minimum Gasteiger partial charge on any atom is -0.319 e. The first-order chi connectivity index (χ1) is 5.77. The number of aromatic amines is 1.